The van der Waals surface area contributed by atoms with Crippen LogP contribution in [0, 0.1) is 59.2 Å². The van der Waals surface area contributed by atoms with Gasteiger partial charge in [-0.15, -0.1) is 0 Å². The lowest BCUT2D eigenvalue weighted by molar-refractivity contribution is -0.417. The number of aliphatic hydroxyl groups excluding tert-OH is 4. The quantitative estimate of drug-likeness (QED) is 0.0432. The van der Waals surface area contributed by atoms with Crippen LogP contribution in [-0.4, -0.2) is 246 Å². The van der Waals surface area contributed by atoms with Crippen molar-refractivity contribution in [1.82, 2.24) is 9.44 Å². The predicted octanol–water partition coefficient (Wildman–Crippen LogP) is 9.09. The van der Waals surface area contributed by atoms with Crippen molar-refractivity contribution in [2.24, 2.45) is 59.2 Å². The molecule has 116 heavy (non-hydrogen) atoms. The number of aliphatic hydroxyl groups is 4. The van der Waals surface area contributed by atoms with Gasteiger partial charge in [0.15, 0.2) is 68.1 Å². The largest absolute Gasteiger partial charge is 0.509 e. The first-order valence-electron chi connectivity index (χ1n) is 42.6. The highest BCUT2D eigenvalue weighted by Gasteiger charge is 2.66. The van der Waals surface area contributed by atoms with E-state index in [0.29, 0.717) is 12.8 Å². The Bertz CT molecular complexity index is 3750. The Kier molecular flexibility index (Phi) is 30.1. The molecule has 10 aliphatic rings. The molecule has 0 aromatic heterocycles. The molecule has 12 rings (SSSR count). The summed E-state index contributed by atoms with van der Waals surface area (Å²) in [6, 6.07) is 11.9. The van der Waals surface area contributed by atoms with Crippen molar-refractivity contribution in [3.05, 3.63) is 73.0 Å². The number of carbonyl (C=O) groups is 1. The van der Waals surface area contributed by atoms with Crippen molar-refractivity contribution in [3.63, 3.8) is 0 Å². The number of carbonyl (C=O) groups excluding carboxylic acids is 1. The van der Waals surface area contributed by atoms with Crippen molar-refractivity contribution in [1.29, 1.82) is 0 Å². The van der Waals surface area contributed by atoms with E-state index in [1.807, 2.05) is 75.3 Å². The summed E-state index contributed by atoms with van der Waals surface area (Å²) in [4.78, 5) is 13.2. The second kappa shape index (κ2) is 38.2. The molecule has 30 nitrogen and oxygen atoms in total. The number of benzene rings is 2. The molecule has 9 fully saturated rings. The molecular formula is C84H132N2O28S2. The fraction of sp³-hybridized carbons (Fsp3) is 0.821. The van der Waals surface area contributed by atoms with Crippen molar-refractivity contribution >= 4 is 26.2 Å². The van der Waals surface area contributed by atoms with Crippen molar-refractivity contribution in [2.75, 3.05) is 0 Å². The standard InChI is InChI=1S/C84H132N2O28S2/c1-21-54-62(87)72(64(89)81(100-54)104-66-39(7)37-38-96-56(66)23-3)108-79-60(85-115(92,93)52-33-29-27-30-34-52)70(106-76-46(14)40(8)43(11)49(17)97-76)67(57(24-4)102-79)105-82-65(90)73(63(88)55(22-2)101-82)109-80-61(86-116(94,95)53-35-31-28-32-36-53)71(107-77-47(15)41(9)44(12)50(18)98-77)69(58(25-5)103-80)114-84(20)75(74-68(59(26-6)113-84)110-83(91)111-74)112-78-48(16)42(10)45(13)51(19)99-78/h27-51,54-82,85-90H,21-26H2,1-20H3/t39?,40?,41?,42?,43-,44-,45?,46?,47?,48?,49?,50?,51+,54?,55?,56?,57?,58?,59?,60?,61?,62-,63-,64?,65?,66+,67-,68-,69-,70?,71?,72?,73?,74?,75?,76?,77?,78-,79-,80-,81-,82-,84-/m0/s1. The fourth-order valence-corrected chi connectivity index (χ4v) is 21.0. The third kappa shape index (κ3) is 18.9. The Morgan fingerprint density at radius 2 is 0.741 bits per heavy atom. The summed E-state index contributed by atoms with van der Waals surface area (Å²) >= 11 is 0. The zero-order valence-electron chi connectivity index (χ0n) is 70.8. The summed E-state index contributed by atoms with van der Waals surface area (Å²) in [7, 11) is -9.30. The second-order valence-electron chi connectivity index (χ2n) is 34.6. The minimum atomic E-state index is -4.67. The van der Waals surface area contributed by atoms with Gasteiger partial charge in [-0.3, -0.25) is 0 Å². The van der Waals surface area contributed by atoms with Gasteiger partial charge in [0.2, 0.25) is 20.0 Å². The average molecular weight is 1680 g/mol. The highest BCUT2D eigenvalue weighted by Crippen LogP contribution is 2.49. The topological polar surface area (TPSA) is 366 Å². The molecule has 0 saturated carbocycles. The maximum absolute atomic E-state index is 15.5. The third-order valence-electron chi connectivity index (χ3n) is 27.5. The van der Waals surface area contributed by atoms with Crippen LogP contribution >= 0.6 is 0 Å². The lowest BCUT2D eigenvalue weighted by atomic mass is 9.79. The molecule has 6 N–H and O–H groups in total. The number of rotatable bonds is 28. The van der Waals surface area contributed by atoms with Crippen molar-refractivity contribution < 1.29 is 132 Å². The molecule has 0 radical (unpaired) electrons. The van der Waals surface area contributed by atoms with Crippen LogP contribution in [0.15, 0.2) is 82.8 Å². The molecule has 32 heteroatoms. The van der Waals surface area contributed by atoms with Gasteiger partial charge in [0, 0.05) is 23.7 Å². The van der Waals surface area contributed by atoms with Crippen LogP contribution in [-0.2, 0) is 110 Å². The maximum Gasteiger partial charge on any atom is 0.509 e. The summed E-state index contributed by atoms with van der Waals surface area (Å²) in [5.74, 6) is -2.70. The normalized spacial score (nSPS) is 47.6. The number of ether oxygens (including phenoxy) is 19. The van der Waals surface area contributed by atoms with Gasteiger partial charge in [0.05, 0.1) is 58.8 Å². The van der Waals surface area contributed by atoms with Gasteiger partial charge in [-0.2, -0.15) is 0 Å². The summed E-state index contributed by atoms with van der Waals surface area (Å²) in [6.45, 7) is 39.0. The molecule has 0 amide bonds. The minimum absolute atomic E-state index is 0.0144. The molecule has 43 atom stereocenters. The molecule has 658 valence electrons. The molecule has 0 aliphatic carbocycles. The van der Waals surface area contributed by atoms with E-state index in [2.05, 4.69) is 51.0 Å². The van der Waals surface area contributed by atoms with Crippen LogP contribution in [0.1, 0.15) is 177 Å². The van der Waals surface area contributed by atoms with E-state index >= 15 is 16.8 Å². The Balaban J connectivity index is 0.942. The average Bonchev–Trinajstić information content (AvgIpc) is 1.34. The van der Waals surface area contributed by atoms with E-state index in [1.165, 1.54) is 24.3 Å². The molecule has 28 unspecified atom stereocenters. The zero-order valence-corrected chi connectivity index (χ0v) is 72.5. The molecule has 10 heterocycles. The molecule has 2 aromatic rings. The van der Waals surface area contributed by atoms with Crippen LogP contribution < -0.4 is 9.44 Å². The van der Waals surface area contributed by atoms with Crippen LogP contribution in [0.3, 0.4) is 0 Å². The van der Waals surface area contributed by atoms with Gasteiger partial charge in [0.25, 0.3) is 0 Å². The number of sulfonamides is 2. The Hall–Kier alpha value is -3.73. The molecule has 9 saturated heterocycles. The highest BCUT2D eigenvalue weighted by molar-refractivity contribution is 7.89. The number of fused-ring (bicyclic) bond motifs is 1. The Morgan fingerprint density at radius 3 is 1.16 bits per heavy atom. The first-order chi connectivity index (χ1) is 55.0. The van der Waals surface area contributed by atoms with Crippen molar-refractivity contribution in [2.45, 2.75) is 389 Å². The lowest BCUT2D eigenvalue weighted by Crippen LogP contribution is -2.72. The molecular weight excluding hydrogens is 1550 g/mol. The first-order valence-corrected chi connectivity index (χ1v) is 45.6. The summed E-state index contributed by atoms with van der Waals surface area (Å²) in [5.41, 5.74) is 0. The molecule has 0 bridgehead atoms. The second-order valence-corrected chi connectivity index (χ2v) is 38.0. The predicted molar refractivity (Wildman–Crippen MR) is 418 cm³/mol. The van der Waals surface area contributed by atoms with Gasteiger partial charge in [-0.25, -0.2) is 31.1 Å². The highest BCUT2D eigenvalue weighted by atomic mass is 32.2. The number of hydrogen-bond acceptors (Lipinski definition) is 28. The Morgan fingerprint density at radius 1 is 0.379 bits per heavy atom. The van der Waals surface area contributed by atoms with Gasteiger partial charge < -0.3 is 110 Å². The van der Waals surface area contributed by atoms with E-state index in [9.17, 15) is 25.2 Å². The molecule has 0 spiro atoms. The van der Waals surface area contributed by atoms with E-state index in [4.69, 9.17) is 90.0 Å². The minimum Gasteiger partial charge on any atom is -0.496 e. The Labute approximate surface area is 685 Å². The fourth-order valence-electron chi connectivity index (χ4n) is 18.5. The number of hydrogen-bond donors (Lipinski definition) is 6. The monoisotopic (exact) mass is 1680 g/mol. The maximum atomic E-state index is 15.5. The van der Waals surface area contributed by atoms with Gasteiger partial charge in [-0.1, -0.05) is 147 Å². The van der Waals surface area contributed by atoms with Crippen LogP contribution in [0.4, 0.5) is 4.79 Å². The van der Waals surface area contributed by atoms with Crippen LogP contribution in [0.25, 0.3) is 0 Å². The van der Waals surface area contributed by atoms with Gasteiger partial charge >= 0.3 is 6.16 Å². The SMILES string of the molecule is CCC1O[C@@H](O[C@@H]2C(C)C=COC2CC)C(O)C(O[C@@H]2OC(CC)[C@H](O[C@@H]3OC(CC)[C@H](O)C(O[C@@H]4OC(CC)[C@H](O[C@]5(C)OC(CC)[C@@H]6OC(=O)OC6C5O[C@@H]5O[C@H](C)C(C)C(C)C5C)C(OC5OC(C)[C@@H](C)C(C)C5C)C4NS(=O)(=O)c4ccccc4)C3O)C(OC3OC(C)[C@@H](C)C(C)C3C)C2NS(=O)(=O)c2ccccc2)[C@H]1O. The third-order valence-corrected chi connectivity index (χ3v) is 30.4. The number of nitrogens with one attached hydrogen (secondary N) is 2. The smallest absolute Gasteiger partial charge is 0.496 e. The van der Waals surface area contributed by atoms with Crippen molar-refractivity contribution in [3.8, 4) is 0 Å². The van der Waals surface area contributed by atoms with Crippen LogP contribution in [0.5, 0.6) is 0 Å². The van der Waals surface area contributed by atoms with Gasteiger partial charge in [-0.05, 0) is 132 Å². The molecule has 10 aliphatic heterocycles. The zero-order chi connectivity index (χ0) is 84.1. The van der Waals surface area contributed by atoms with E-state index in [0.717, 1.165) is 0 Å². The summed E-state index contributed by atoms with van der Waals surface area (Å²) in [5, 5.41) is 51.3. The lowest BCUT2D eigenvalue weighted by Gasteiger charge is -2.55. The van der Waals surface area contributed by atoms with E-state index in [1.54, 1.807) is 70.4 Å². The molecule has 2 aromatic carbocycles. The van der Waals surface area contributed by atoms with Gasteiger partial charge in [0.1, 0.15) is 91.4 Å². The summed E-state index contributed by atoms with van der Waals surface area (Å²) in [6.07, 6.45) is -32.9. The van der Waals surface area contributed by atoms with Crippen LogP contribution in [0.2, 0.25) is 0 Å². The van der Waals surface area contributed by atoms with E-state index in [-0.39, 0.29) is 113 Å². The first kappa shape index (κ1) is 91.5. The van der Waals surface area contributed by atoms with E-state index < -0.39 is 210 Å². The summed E-state index contributed by atoms with van der Waals surface area (Å²) < 4.78 is 197.